The number of benzene rings is 1. The molecule has 1 saturated heterocycles. The molecule has 20 heavy (non-hydrogen) atoms. The predicted octanol–water partition coefficient (Wildman–Crippen LogP) is 2.66. The van der Waals surface area contributed by atoms with E-state index in [4.69, 9.17) is 14.2 Å². The molecule has 0 radical (unpaired) electrons. The zero-order valence-corrected chi connectivity index (χ0v) is 13.2. The summed E-state index contributed by atoms with van der Waals surface area (Å²) in [6.45, 7) is 2.64. The molecule has 0 aromatic heterocycles. The fraction of sp³-hybridized carbons (Fsp3) is 0.533. The normalized spacial score (nSPS) is 29.9. The van der Waals surface area contributed by atoms with Gasteiger partial charge in [0.05, 0.1) is 12.2 Å². The van der Waals surface area contributed by atoms with Gasteiger partial charge in [-0.15, -0.1) is 0 Å². The topological polar surface area (TPSA) is 44.8 Å². The Labute approximate surface area is 127 Å². The summed E-state index contributed by atoms with van der Waals surface area (Å²) in [4.78, 5) is 12.2. The van der Waals surface area contributed by atoms with Gasteiger partial charge in [0.2, 0.25) is 0 Å². The van der Waals surface area contributed by atoms with Crippen molar-refractivity contribution in [3.8, 4) is 0 Å². The highest BCUT2D eigenvalue weighted by molar-refractivity contribution is 9.09. The Morgan fingerprint density at radius 1 is 1.35 bits per heavy atom. The van der Waals surface area contributed by atoms with Gasteiger partial charge in [-0.05, 0) is 12.1 Å². The standard InChI is InChI=1S/C15H19BrO4/c1-10-9-19-12(8-16)14(13(10)18-2)20-15(17)11-6-4-3-5-7-11/h3-7,10,12-14H,8-9H2,1-2H3. The first-order valence-corrected chi connectivity index (χ1v) is 7.76. The molecule has 0 aliphatic carbocycles. The summed E-state index contributed by atoms with van der Waals surface area (Å²) in [5.74, 6) is -0.162. The molecule has 0 spiro atoms. The summed E-state index contributed by atoms with van der Waals surface area (Å²) in [6.07, 6.45) is -0.751. The Bertz CT molecular complexity index is 437. The molecule has 0 bridgehead atoms. The number of hydrogen-bond acceptors (Lipinski definition) is 4. The van der Waals surface area contributed by atoms with Crippen LogP contribution in [0.5, 0.6) is 0 Å². The number of hydrogen-bond donors (Lipinski definition) is 0. The summed E-state index contributed by atoms with van der Waals surface area (Å²) in [6, 6.07) is 8.96. The van der Waals surface area contributed by atoms with Crippen LogP contribution in [-0.4, -0.2) is 43.3 Å². The molecular formula is C15H19BrO4. The van der Waals surface area contributed by atoms with Crippen molar-refractivity contribution in [3.63, 3.8) is 0 Å². The second-order valence-electron chi connectivity index (χ2n) is 4.94. The van der Waals surface area contributed by atoms with Crippen LogP contribution in [0.3, 0.4) is 0 Å². The summed E-state index contributed by atoms with van der Waals surface area (Å²) < 4.78 is 16.9. The molecule has 4 atom stereocenters. The average molecular weight is 343 g/mol. The molecule has 1 aromatic rings. The van der Waals surface area contributed by atoms with Crippen molar-refractivity contribution in [1.82, 2.24) is 0 Å². The van der Waals surface area contributed by atoms with Crippen molar-refractivity contribution in [1.29, 1.82) is 0 Å². The number of alkyl halides is 1. The molecule has 0 N–H and O–H groups in total. The van der Waals surface area contributed by atoms with Gasteiger partial charge in [0.15, 0.2) is 6.10 Å². The second-order valence-corrected chi connectivity index (χ2v) is 5.59. The Morgan fingerprint density at radius 2 is 2.05 bits per heavy atom. The van der Waals surface area contributed by atoms with E-state index >= 15 is 0 Å². The van der Waals surface area contributed by atoms with E-state index < -0.39 is 6.10 Å². The Hall–Kier alpha value is -0.910. The maximum absolute atomic E-state index is 12.2. The highest BCUT2D eigenvalue weighted by Crippen LogP contribution is 2.26. The minimum absolute atomic E-state index is 0.154. The van der Waals surface area contributed by atoms with Crippen LogP contribution in [-0.2, 0) is 14.2 Å². The van der Waals surface area contributed by atoms with Gasteiger partial charge >= 0.3 is 5.97 Å². The predicted molar refractivity (Wildman–Crippen MR) is 79.1 cm³/mol. The molecule has 5 heteroatoms. The molecule has 1 aromatic carbocycles. The number of ether oxygens (including phenoxy) is 3. The number of halogens is 1. The maximum Gasteiger partial charge on any atom is 0.338 e. The summed E-state index contributed by atoms with van der Waals surface area (Å²) in [5.41, 5.74) is 0.536. The number of esters is 1. The average Bonchev–Trinajstić information content (AvgIpc) is 2.48. The van der Waals surface area contributed by atoms with Gasteiger partial charge < -0.3 is 14.2 Å². The lowest BCUT2D eigenvalue weighted by molar-refractivity contribution is -0.164. The van der Waals surface area contributed by atoms with Gasteiger partial charge in [0, 0.05) is 18.4 Å². The monoisotopic (exact) mass is 342 g/mol. The lowest BCUT2D eigenvalue weighted by atomic mass is 9.94. The molecular weight excluding hydrogens is 324 g/mol. The highest BCUT2D eigenvalue weighted by Gasteiger charge is 2.41. The van der Waals surface area contributed by atoms with Crippen molar-refractivity contribution in [2.75, 3.05) is 19.0 Å². The molecule has 1 aliphatic rings. The van der Waals surface area contributed by atoms with Crippen molar-refractivity contribution in [2.24, 2.45) is 5.92 Å². The quantitative estimate of drug-likeness (QED) is 0.623. The first-order valence-electron chi connectivity index (χ1n) is 6.63. The number of methoxy groups -OCH3 is 1. The molecule has 2 rings (SSSR count). The van der Waals surface area contributed by atoms with Gasteiger partial charge in [-0.2, -0.15) is 0 Å². The van der Waals surface area contributed by atoms with E-state index in [1.165, 1.54) is 0 Å². The van der Waals surface area contributed by atoms with Crippen LogP contribution in [0.15, 0.2) is 30.3 Å². The third-order valence-corrected chi connectivity index (χ3v) is 4.14. The van der Waals surface area contributed by atoms with Crippen LogP contribution in [0.2, 0.25) is 0 Å². The van der Waals surface area contributed by atoms with Gasteiger partial charge in [-0.1, -0.05) is 41.1 Å². The van der Waals surface area contributed by atoms with E-state index in [2.05, 4.69) is 15.9 Å². The zero-order chi connectivity index (χ0) is 14.5. The Balaban J connectivity index is 2.12. The first kappa shape index (κ1) is 15.5. The fourth-order valence-electron chi connectivity index (χ4n) is 2.41. The summed E-state index contributed by atoms with van der Waals surface area (Å²) in [7, 11) is 1.64. The van der Waals surface area contributed by atoms with Crippen molar-refractivity contribution < 1.29 is 19.0 Å². The molecule has 4 unspecified atom stereocenters. The van der Waals surface area contributed by atoms with Crippen LogP contribution in [0.4, 0.5) is 0 Å². The Morgan fingerprint density at radius 3 is 2.65 bits per heavy atom. The lowest BCUT2D eigenvalue weighted by Gasteiger charge is -2.39. The second kappa shape index (κ2) is 7.20. The molecule has 1 heterocycles. The molecule has 0 saturated carbocycles. The first-order chi connectivity index (χ1) is 9.67. The minimum atomic E-state index is -0.407. The molecule has 110 valence electrons. The van der Waals surface area contributed by atoms with E-state index in [0.29, 0.717) is 17.5 Å². The summed E-state index contributed by atoms with van der Waals surface area (Å²) >= 11 is 3.40. The highest BCUT2D eigenvalue weighted by atomic mass is 79.9. The zero-order valence-electron chi connectivity index (χ0n) is 11.6. The van der Waals surface area contributed by atoms with Crippen molar-refractivity contribution in [3.05, 3.63) is 35.9 Å². The molecule has 1 fully saturated rings. The van der Waals surface area contributed by atoms with Gasteiger partial charge in [-0.3, -0.25) is 0 Å². The molecule has 4 nitrogen and oxygen atoms in total. The van der Waals surface area contributed by atoms with Gasteiger partial charge in [-0.25, -0.2) is 4.79 Å². The Kier molecular flexibility index (Phi) is 5.57. The van der Waals surface area contributed by atoms with Crippen molar-refractivity contribution >= 4 is 21.9 Å². The largest absolute Gasteiger partial charge is 0.453 e. The number of carbonyl (C=O) groups is 1. The minimum Gasteiger partial charge on any atom is -0.453 e. The summed E-state index contributed by atoms with van der Waals surface area (Å²) in [5, 5.41) is 0.603. The smallest absolute Gasteiger partial charge is 0.338 e. The third kappa shape index (κ3) is 3.40. The van der Waals surface area contributed by atoms with Crippen LogP contribution in [0.25, 0.3) is 0 Å². The van der Waals surface area contributed by atoms with E-state index in [-0.39, 0.29) is 24.1 Å². The number of rotatable bonds is 4. The molecule has 1 aliphatic heterocycles. The van der Waals surface area contributed by atoms with E-state index in [9.17, 15) is 4.79 Å². The molecule has 0 amide bonds. The third-order valence-electron chi connectivity index (χ3n) is 3.50. The van der Waals surface area contributed by atoms with E-state index in [1.807, 2.05) is 25.1 Å². The van der Waals surface area contributed by atoms with E-state index in [1.54, 1.807) is 19.2 Å². The van der Waals surface area contributed by atoms with E-state index in [0.717, 1.165) is 0 Å². The van der Waals surface area contributed by atoms with Crippen LogP contribution < -0.4 is 0 Å². The van der Waals surface area contributed by atoms with Crippen LogP contribution >= 0.6 is 15.9 Å². The lowest BCUT2D eigenvalue weighted by Crippen LogP contribution is -2.52. The fourth-order valence-corrected chi connectivity index (χ4v) is 2.96. The SMILES string of the molecule is COC1C(C)COC(CBr)C1OC(=O)c1ccccc1. The number of carbonyl (C=O) groups excluding carboxylic acids is 1. The van der Waals surface area contributed by atoms with Gasteiger partial charge in [0.25, 0.3) is 0 Å². The van der Waals surface area contributed by atoms with Gasteiger partial charge in [0.1, 0.15) is 12.2 Å². The van der Waals surface area contributed by atoms with Crippen LogP contribution in [0.1, 0.15) is 17.3 Å². The maximum atomic E-state index is 12.2. The van der Waals surface area contributed by atoms with Crippen LogP contribution in [0, 0.1) is 5.92 Å². The van der Waals surface area contributed by atoms with Crippen molar-refractivity contribution in [2.45, 2.75) is 25.2 Å².